The van der Waals surface area contributed by atoms with E-state index in [0.717, 1.165) is 24.1 Å². The topological polar surface area (TPSA) is 33.7 Å². The van der Waals surface area contributed by atoms with E-state index in [-0.39, 0.29) is 0 Å². The van der Waals surface area contributed by atoms with Gasteiger partial charge < -0.3 is 19.7 Å². The van der Waals surface area contributed by atoms with Gasteiger partial charge in [0.05, 0.1) is 13.2 Å². The molecule has 0 aliphatic heterocycles. The Balaban J connectivity index is 2.93. The number of methoxy groups -OCH3 is 2. The Bertz CT molecular complexity index is 366. The van der Waals surface area contributed by atoms with Crippen LogP contribution >= 0.6 is 15.9 Å². The van der Waals surface area contributed by atoms with E-state index in [4.69, 9.17) is 9.47 Å². The summed E-state index contributed by atoms with van der Waals surface area (Å²) in [6, 6.07) is 6.36. The lowest BCUT2D eigenvalue weighted by Crippen LogP contribution is -2.31. The lowest BCUT2D eigenvalue weighted by Gasteiger charge is -2.27. The fraction of sp³-hybridized carbons (Fsp3) is 0.571. The number of hydrogen-bond acceptors (Lipinski definition) is 4. The summed E-state index contributed by atoms with van der Waals surface area (Å²) in [7, 11) is 5.41. The molecule has 0 bridgehead atoms. The van der Waals surface area contributed by atoms with Crippen molar-refractivity contribution in [1.82, 2.24) is 5.32 Å². The van der Waals surface area contributed by atoms with Gasteiger partial charge in [0.25, 0.3) is 0 Å². The third-order valence-electron chi connectivity index (χ3n) is 2.89. The highest BCUT2D eigenvalue weighted by Gasteiger charge is 2.11. The zero-order valence-corrected chi connectivity index (χ0v) is 13.5. The van der Waals surface area contributed by atoms with E-state index >= 15 is 0 Å². The number of nitrogens with zero attached hydrogens (tertiary/aromatic N) is 1. The fourth-order valence-electron chi connectivity index (χ4n) is 1.93. The van der Waals surface area contributed by atoms with Crippen LogP contribution in [0, 0.1) is 0 Å². The Kier molecular flexibility index (Phi) is 8.05. The third-order valence-corrected chi connectivity index (χ3v) is 3.38. The molecule has 0 aliphatic carbocycles. The molecule has 0 atom stereocenters. The second-order valence-corrected chi connectivity index (χ2v) is 5.19. The van der Waals surface area contributed by atoms with E-state index in [0.29, 0.717) is 13.2 Å². The van der Waals surface area contributed by atoms with E-state index in [1.54, 1.807) is 14.2 Å². The molecule has 0 radical (unpaired) electrons. The molecule has 0 heterocycles. The smallest absolute Gasteiger partial charge is 0.0637 e. The average molecular weight is 331 g/mol. The molecule has 0 saturated heterocycles. The molecule has 0 spiro atoms. The van der Waals surface area contributed by atoms with Crippen molar-refractivity contribution in [2.24, 2.45) is 0 Å². The number of rotatable bonds is 9. The molecule has 108 valence electrons. The predicted octanol–water partition coefficient (Wildman–Crippen LogP) is 2.27. The van der Waals surface area contributed by atoms with Gasteiger partial charge in [-0.1, -0.05) is 22.0 Å². The summed E-state index contributed by atoms with van der Waals surface area (Å²) < 4.78 is 11.5. The predicted molar refractivity (Wildman–Crippen MR) is 82.9 cm³/mol. The lowest BCUT2D eigenvalue weighted by atomic mass is 10.1. The van der Waals surface area contributed by atoms with Crippen LogP contribution < -0.4 is 10.2 Å². The van der Waals surface area contributed by atoms with Crippen LogP contribution in [0.15, 0.2) is 22.7 Å². The second-order valence-electron chi connectivity index (χ2n) is 4.28. The molecule has 0 saturated carbocycles. The van der Waals surface area contributed by atoms with Crippen LogP contribution in [-0.4, -0.2) is 47.6 Å². The van der Waals surface area contributed by atoms with Gasteiger partial charge in [-0.3, -0.25) is 0 Å². The molecule has 1 rings (SSSR count). The number of benzene rings is 1. The maximum absolute atomic E-state index is 5.19. The highest BCUT2D eigenvalue weighted by molar-refractivity contribution is 9.10. The number of nitrogens with one attached hydrogen (secondary N) is 1. The highest BCUT2D eigenvalue weighted by Crippen LogP contribution is 2.25. The largest absolute Gasteiger partial charge is 0.383 e. The van der Waals surface area contributed by atoms with E-state index < -0.39 is 0 Å². The lowest BCUT2D eigenvalue weighted by molar-refractivity contribution is 0.190. The molecule has 0 aromatic heterocycles. The van der Waals surface area contributed by atoms with Crippen LogP contribution in [-0.2, 0) is 16.0 Å². The van der Waals surface area contributed by atoms with Gasteiger partial charge in [-0.2, -0.15) is 0 Å². The highest BCUT2D eigenvalue weighted by atomic mass is 79.9. The van der Waals surface area contributed by atoms with Gasteiger partial charge in [0.1, 0.15) is 0 Å². The first-order valence-corrected chi connectivity index (χ1v) is 7.18. The van der Waals surface area contributed by atoms with Crippen molar-refractivity contribution in [2.75, 3.05) is 52.5 Å². The van der Waals surface area contributed by atoms with Crippen LogP contribution in [0.2, 0.25) is 0 Å². The van der Waals surface area contributed by atoms with Gasteiger partial charge in [0.2, 0.25) is 0 Å². The van der Waals surface area contributed by atoms with Gasteiger partial charge in [-0.25, -0.2) is 0 Å². The number of anilines is 1. The van der Waals surface area contributed by atoms with Crippen molar-refractivity contribution in [3.63, 3.8) is 0 Å². The molecule has 0 aliphatic rings. The number of hydrogen-bond donors (Lipinski definition) is 1. The summed E-state index contributed by atoms with van der Waals surface area (Å²) >= 11 is 3.54. The molecule has 5 heteroatoms. The van der Waals surface area contributed by atoms with Crippen molar-refractivity contribution in [3.8, 4) is 0 Å². The normalized spacial score (nSPS) is 10.7. The molecule has 1 aromatic rings. The standard InChI is InChI=1S/C14H23BrN2O2/c1-16-11-12-4-5-13(15)10-14(12)17(6-8-18-2)7-9-19-3/h4-5,10,16H,6-9,11H2,1-3H3. The summed E-state index contributed by atoms with van der Waals surface area (Å²) in [5.41, 5.74) is 2.50. The molecule has 4 nitrogen and oxygen atoms in total. The molecule has 0 fully saturated rings. The van der Waals surface area contributed by atoms with Crippen molar-refractivity contribution < 1.29 is 9.47 Å². The Hall–Kier alpha value is -0.620. The zero-order valence-electron chi connectivity index (χ0n) is 11.9. The number of ether oxygens (including phenoxy) is 2. The van der Waals surface area contributed by atoms with E-state index in [2.05, 4.69) is 44.3 Å². The van der Waals surface area contributed by atoms with Gasteiger partial charge >= 0.3 is 0 Å². The summed E-state index contributed by atoms with van der Waals surface area (Å²) in [6.45, 7) is 3.96. The Morgan fingerprint density at radius 2 is 1.79 bits per heavy atom. The van der Waals surface area contributed by atoms with Crippen LogP contribution in [0.25, 0.3) is 0 Å². The van der Waals surface area contributed by atoms with E-state index in [9.17, 15) is 0 Å². The minimum atomic E-state index is 0.704. The van der Waals surface area contributed by atoms with Crippen LogP contribution in [0.4, 0.5) is 5.69 Å². The van der Waals surface area contributed by atoms with Gasteiger partial charge in [0.15, 0.2) is 0 Å². The number of halogens is 1. The van der Waals surface area contributed by atoms with E-state index in [1.165, 1.54) is 11.3 Å². The molecular weight excluding hydrogens is 308 g/mol. The first kappa shape index (κ1) is 16.4. The molecular formula is C14H23BrN2O2. The third kappa shape index (κ3) is 5.48. The minimum absolute atomic E-state index is 0.704. The van der Waals surface area contributed by atoms with Crippen molar-refractivity contribution in [1.29, 1.82) is 0 Å². The molecule has 0 unspecified atom stereocenters. The summed E-state index contributed by atoms with van der Waals surface area (Å²) in [4.78, 5) is 2.30. The van der Waals surface area contributed by atoms with Gasteiger partial charge in [-0.15, -0.1) is 0 Å². The molecule has 19 heavy (non-hydrogen) atoms. The van der Waals surface area contributed by atoms with Gasteiger partial charge in [-0.05, 0) is 24.7 Å². The van der Waals surface area contributed by atoms with Crippen LogP contribution in [0.1, 0.15) is 5.56 Å². The summed E-state index contributed by atoms with van der Waals surface area (Å²) in [5, 5.41) is 3.21. The van der Waals surface area contributed by atoms with Crippen molar-refractivity contribution in [3.05, 3.63) is 28.2 Å². The quantitative estimate of drug-likeness (QED) is 0.753. The summed E-state index contributed by atoms with van der Waals surface area (Å²) in [6.07, 6.45) is 0. The van der Waals surface area contributed by atoms with Crippen molar-refractivity contribution in [2.45, 2.75) is 6.54 Å². The van der Waals surface area contributed by atoms with Gasteiger partial charge in [0, 0.05) is 44.0 Å². The first-order valence-electron chi connectivity index (χ1n) is 6.38. The van der Waals surface area contributed by atoms with Crippen molar-refractivity contribution >= 4 is 21.6 Å². The maximum Gasteiger partial charge on any atom is 0.0637 e. The fourth-order valence-corrected chi connectivity index (χ4v) is 2.28. The SMILES string of the molecule is CNCc1ccc(Br)cc1N(CCOC)CCOC. The van der Waals surface area contributed by atoms with E-state index in [1.807, 2.05) is 7.05 Å². The summed E-state index contributed by atoms with van der Waals surface area (Å²) in [5.74, 6) is 0. The monoisotopic (exact) mass is 330 g/mol. The van der Waals surface area contributed by atoms with Crippen LogP contribution in [0.3, 0.4) is 0 Å². The molecule has 0 amide bonds. The zero-order chi connectivity index (χ0) is 14.1. The first-order chi connectivity index (χ1) is 9.22. The Morgan fingerprint density at radius 3 is 2.32 bits per heavy atom. The molecule has 1 N–H and O–H groups in total. The maximum atomic E-state index is 5.19. The molecule has 1 aromatic carbocycles. The second kappa shape index (κ2) is 9.31. The Labute approximate surface area is 124 Å². The Morgan fingerprint density at radius 1 is 1.16 bits per heavy atom. The van der Waals surface area contributed by atoms with Crippen LogP contribution in [0.5, 0.6) is 0 Å². The minimum Gasteiger partial charge on any atom is -0.383 e. The average Bonchev–Trinajstić information content (AvgIpc) is 2.41.